The molecule has 3 aromatic carbocycles. The molecule has 14 heteroatoms. The van der Waals surface area contributed by atoms with E-state index in [4.69, 9.17) is 33.2 Å². The number of methoxy groups -OCH3 is 4. The zero-order valence-corrected chi connectivity index (χ0v) is 27.7. The van der Waals surface area contributed by atoms with Gasteiger partial charge in [-0.3, -0.25) is 0 Å². The standard InChI is InChI=1S/C35H44O14/c1-43-25-10-7-21(15-29(25)46-4)34(42)47-18-30-31(39)32(40)33(41)35(49-30)48-26-9-6-20(14-28(26)45-3)12-23(17-37)22(16-36)11-19-5-8-24(38)27(13-19)44-2/h5-10,13-15,22-23,30-33,35-41H,11-12,16-18H2,1-4H3/t22-,23-,30-,31-,32+,33-,35-/m1/s1. The second-order valence-corrected chi connectivity index (χ2v) is 11.6. The molecular weight excluding hydrogens is 644 g/mol. The molecule has 49 heavy (non-hydrogen) atoms. The zero-order chi connectivity index (χ0) is 35.7. The van der Waals surface area contributed by atoms with Crippen LogP contribution < -0.4 is 23.7 Å². The number of ether oxygens (including phenoxy) is 7. The largest absolute Gasteiger partial charge is 0.504 e. The molecular formula is C35H44O14. The maximum absolute atomic E-state index is 12.7. The van der Waals surface area contributed by atoms with Crippen LogP contribution in [0.1, 0.15) is 21.5 Å². The van der Waals surface area contributed by atoms with E-state index >= 15 is 0 Å². The zero-order valence-electron chi connectivity index (χ0n) is 27.7. The van der Waals surface area contributed by atoms with Crippen LogP contribution in [0.25, 0.3) is 0 Å². The van der Waals surface area contributed by atoms with Crippen molar-refractivity contribution < 1.29 is 68.6 Å². The first kappa shape index (κ1) is 37.5. The molecule has 1 aliphatic heterocycles. The van der Waals surface area contributed by atoms with Gasteiger partial charge in [0.1, 0.15) is 31.0 Å². The highest BCUT2D eigenvalue weighted by molar-refractivity contribution is 5.90. The Morgan fingerprint density at radius 3 is 1.84 bits per heavy atom. The SMILES string of the molecule is COc1cc(C[C@H](CO)[C@@H](CO)Cc2ccc(O[C@@H]3O[C@H](COC(=O)c4ccc(OC)c(OC)c4)[C@@H](O)[C@H](O)[C@H]3O)c(OC)c2)ccc1O. The van der Waals surface area contributed by atoms with Crippen LogP contribution >= 0.6 is 0 Å². The first-order valence-corrected chi connectivity index (χ1v) is 15.6. The number of aliphatic hydroxyl groups excluding tert-OH is 5. The molecule has 1 fully saturated rings. The number of esters is 1. The summed E-state index contributed by atoms with van der Waals surface area (Å²) in [5, 5.41) is 62.1. The summed E-state index contributed by atoms with van der Waals surface area (Å²) in [7, 11) is 5.74. The number of aromatic hydroxyl groups is 1. The average molecular weight is 689 g/mol. The van der Waals surface area contributed by atoms with Crippen molar-refractivity contribution in [3.05, 3.63) is 71.3 Å². The molecule has 6 N–H and O–H groups in total. The highest BCUT2D eigenvalue weighted by Crippen LogP contribution is 2.35. The highest BCUT2D eigenvalue weighted by atomic mass is 16.7. The smallest absolute Gasteiger partial charge is 0.338 e. The Hall–Kier alpha value is -4.31. The minimum Gasteiger partial charge on any atom is -0.504 e. The number of phenolic OH excluding ortho intramolecular Hbond substituents is 1. The van der Waals surface area contributed by atoms with Crippen molar-refractivity contribution >= 4 is 5.97 Å². The Balaban J connectivity index is 1.43. The number of aliphatic hydroxyl groups is 5. The predicted molar refractivity (Wildman–Crippen MR) is 173 cm³/mol. The van der Waals surface area contributed by atoms with Crippen LogP contribution in [-0.4, -0.2) is 116 Å². The first-order chi connectivity index (χ1) is 23.6. The Morgan fingerprint density at radius 2 is 1.24 bits per heavy atom. The molecule has 1 saturated heterocycles. The Kier molecular flexibility index (Phi) is 13.3. The first-order valence-electron chi connectivity index (χ1n) is 15.6. The lowest BCUT2D eigenvalue weighted by Crippen LogP contribution is -2.60. The van der Waals surface area contributed by atoms with Gasteiger partial charge in [-0.2, -0.15) is 0 Å². The van der Waals surface area contributed by atoms with Crippen LogP contribution in [0.3, 0.4) is 0 Å². The van der Waals surface area contributed by atoms with Crippen molar-refractivity contribution in [2.45, 2.75) is 43.5 Å². The van der Waals surface area contributed by atoms with Crippen molar-refractivity contribution in [1.82, 2.24) is 0 Å². The molecule has 268 valence electrons. The summed E-state index contributed by atoms with van der Waals surface area (Å²) in [4.78, 5) is 12.7. The van der Waals surface area contributed by atoms with Crippen LogP contribution in [0, 0.1) is 11.8 Å². The van der Waals surface area contributed by atoms with Gasteiger partial charge in [0.25, 0.3) is 0 Å². The quantitative estimate of drug-likeness (QED) is 0.118. The van der Waals surface area contributed by atoms with Gasteiger partial charge in [0.2, 0.25) is 6.29 Å². The Morgan fingerprint density at radius 1 is 0.694 bits per heavy atom. The molecule has 0 aromatic heterocycles. The molecule has 1 heterocycles. The third-order valence-electron chi connectivity index (χ3n) is 8.51. The summed E-state index contributed by atoms with van der Waals surface area (Å²) >= 11 is 0. The van der Waals surface area contributed by atoms with E-state index in [0.717, 1.165) is 11.1 Å². The van der Waals surface area contributed by atoms with E-state index in [1.165, 1.54) is 52.7 Å². The van der Waals surface area contributed by atoms with Gasteiger partial charge in [-0.1, -0.05) is 12.1 Å². The number of carbonyl (C=O) groups excluding carboxylic acids is 1. The third kappa shape index (κ3) is 9.03. The number of rotatable bonds is 16. The molecule has 0 spiro atoms. The lowest BCUT2D eigenvalue weighted by atomic mass is 9.83. The van der Waals surface area contributed by atoms with Crippen LogP contribution in [-0.2, 0) is 22.3 Å². The molecule has 0 unspecified atom stereocenters. The minimum absolute atomic E-state index is 0.00167. The summed E-state index contributed by atoms with van der Waals surface area (Å²) in [5.41, 5.74) is 1.72. The van der Waals surface area contributed by atoms with Crippen molar-refractivity contribution in [2.24, 2.45) is 11.8 Å². The lowest BCUT2D eigenvalue weighted by molar-refractivity contribution is -0.277. The fraction of sp³-hybridized carbons (Fsp3) is 0.457. The number of hydrogen-bond acceptors (Lipinski definition) is 14. The summed E-state index contributed by atoms with van der Waals surface area (Å²) < 4.78 is 38.1. The van der Waals surface area contributed by atoms with Crippen LogP contribution in [0.5, 0.6) is 34.5 Å². The second-order valence-electron chi connectivity index (χ2n) is 11.6. The fourth-order valence-electron chi connectivity index (χ4n) is 5.63. The molecule has 0 saturated carbocycles. The van der Waals surface area contributed by atoms with Gasteiger partial charge >= 0.3 is 5.97 Å². The van der Waals surface area contributed by atoms with Crippen molar-refractivity contribution in [1.29, 1.82) is 0 Å². The number of benzene rings is 3. The van der Waals surface area contributed by atoms with Gasteiger partial charge in [0, 0.05) is 13.2 Å². The Bertz CT molecular complexity index is 1530. The summed E-state index contributed by atoms with van der Waals surface area (Å²) in [5.74, 6) is 0.0310. The molecule has 0 aliphatic carbocycles. The lowest BCUT2D eigenvalue weighted by Gasteiger charge is -2.40. The fourth-order valence-corrected chi connectivity index (χ4v) is 5.63. The summed E-state index contributed by atoms with van der Waals surface area (Å²) in [6, 6.07) is 14.3. The molecule has 0 radical (unpaired) electrons. The van der Waals surface area contributed by atoms with E-state index in [0.29, 0.717) is 30.1 Å². The van der Waals surface area contributed by atoms with Gasteiger partial charge in [-0.05, 0) is 78.3 Å². The van der Waals surface area contributed by atoms with Crippen molar-refractivity contribution in [2.75, 3.05) is 48.3 Å². The van der Waals surface area contributed by atoms with E-state index in [-0.39, 0.29) is 47.9 Å². The molecule has 0 bridgehead atoms. The van der Waals surface area contributed by atoms with E-state index < -0.39 is 43.3 Å². The second kappa shape index (κ2) is 17.4. The topological polar surface area (TPSA) is 203 Å². The normalized spacial score (nSPS) is 21.7. The molecule has 0 amide bonds. The monoisotopic (exact) mass is 688 g/mol. The summed E-state index contributed by atoms with van der Waals surface area (Å²) in [6.45, 7) is -0.872. The van der Waals surface area contributed by atoms with E-state index in [1.54, 1.807) is 30.3 Å². The minimum atomic E-state index is -1.69. The molecule has 4 rings (SSSR count). The maximum atomic E-state index is 12.7. The van der Waals surface area contributed by atoms with Crippen molar-refractivity contribution in [3.8, 4) is 34.5 Å². The maximum Gasteiger partial charge on any atom is 0.338 e. The third-order valence-corrected chi connectivity index (χ3v) is 8.51. The highest BCUT2D eigenvalue weighted by Gasteiger charge is 2.45. The molecule has 1 aliphatic rings. The molecule has 3 aromatic rings. The van der Waals surface area contributed by atoms with Crippen molar-refractivity contribution in [3.63, 3.8) is 0 Å². The van der Waals surface area contributed by atoms with Gasteiger partial charge < -0.3 is 63.8 Å². The van der Waals surface area contributed by atoms with Crippen LogP contribution in [0.15, 0.2) is 54.6 Å². The van der Waals surface area contributed by atoms with Crippen LogP contribution in [0.2, 0.25) is 0 Å². The van der Waals surface area contributed by atoms with Crippen LogP contribution in [0.4, 0.5) is 0 Å². The van der Waals surface area contributed by atoms with E-state index in [9.17, 15) is 35.4 Å². The number of hydrogen-bond donors (Lipinski definition) is 6. The van der Waals surface area contributed by atoms with E-state index in [2.05, 4.69) is 0 Å². The predicted octanol–water partition coefficient (Wildman–Crippen LogP) is 1.47. The summed E-state index contributed by atoms with van der Waals surface area (Å²) in [6.07, 6.45) is -6.90. The van der Waals surface area contributed by atoms with Gasteiger partial charge in [-0.15, -0.1) is 0 Å². The average Bonchev–Trinajstić information content (AvgIpc) is 3.13. The Labute approximate surface area is 283 Å². The molecule has 14 nitrogen and oxygen atoms in total. The van der Waals surface area contributed by atoms with E-state index in [1.807, 2.05) is 0 Å². The molecule has 7 atom stereocenters. The van der Waals surface area contributed by atoms with Gasteiger partial charge in [-0.25, -0.2) is 4.79 Å². The van der Waals surface area contributed by atoms with Gasteiger partial charge in [0.15, 0.2) is 34.5 Å². The number of phenols is 1. The van der Waals surface area contributed by atoms with Gasteiger partial charge in [0.05, 0.1) is 34.0 Å². The number of carbonyl (C=O) groups is 1.